The van der Waals surface area contributed by atoms with Gasteiger partial charge in [0.05, 0.1) is 6.61 Å². The molecule has 6 nitrogen and oxygen atoms in total. The molecule has 136 valence electrons. The van der Waals surface area contributed by atoms with Gasteiger partial charge in [-0.15, -0.1) is 0 Å². The molecule has 0 radical (unpaired) electrons. The van der Waals surface area contributed by atoms with Crippen molar-refractivity contribution in [3.63, 3.8) is 0 Å². The van der Waals surface area contributed by atoms with Crippen LogP contribution in [-0.4, -0.2) is 23.3 Å². The molecule has 0 aliphatic carbocycles. The van der Waals surface area contributed by atoms with Crippen LogP contribution in [0.15, 0.2) is 55.0 Å². The number of halogens is 3. The molecule has 1 atom stereocenters. The highest BCUT2D eigenvalue weighted by Crippen LogP contribution is 2.32. The van der Waals surface area contributed by atoms with Crippen molar-refractivity contribution in [2.75, 3.05) is 0 Å². The highest BCUT2D eigenvalue weighted by molar-refractivity contribution is 7.74. The average molecular weight is 383 g/mol. The van der Waals surface area contributed by atoms with E-state index in [1.54, 1.807) is 36.4 Å². The van der Waals surface area contributed by atoms with E-state index >= 15 is 0 Å². The van der Waals surface area contributed by atoms with Crippen molar-refractivity contribution in [2.45, 2.75) is 12.8 Å². The lowest BCUT2D eigenvalue weighted by atomic mass is 10.2. The summed E-state index contributed by atoms with van der Waals surface area (Å²) in [6.45, 7) is -0.101. The van der Waals surface area contributed by atoms with Crippen molar-refractivity contribution < 1.29 is 26.1 Å². The quantitative estimate of drug-likeness (QED) is 0.681. The monoisotopic (exact) mass is 383 g/mol. The maximum Gasteiger partial charge on any atom is 0.434 e. The van der Waals surface area contributed by atoms with E-state index in [0.717, 1.165) is 6.20 Å². The van der Waals surface area contributed by atoms with Gasteiger partial charge in [0.2, 0.25) is 0 Å². The Morgan fingerprint density at radius 1 is 1.19 bits per heavy atom. The average Bonchev–Trinajstić information content (AvgIpc) is 3.07. The maximum absolute atomic E-state index is 13.1. The van der Waals surface area contributed by atoms with Gasteiger partial charge in [0, 0.05) is 29.8 Å². The number of alkyl halides is 3. The lowest BCUT2D eigenvalue weighted by Gasteiger charge is -2.08. The molecule has 3 rings (SSSR count). The predicted octanol–water partition coefficient (Wildman–Crippen LogP) is 3.61. The fourth-order valence-electron chi connectivity index (χ4n) is 2.28. The topological polar surface area (TPSA) is 77.2 Å². The Labute approximate surface area is 148 Å². The van der Waals surface area contributed by atoms with Crippen LogP contribution in [0.3, 0.4) is 0 Å². The highest BCUT2D eigenvalue weighted by Gasteiger charge is 2.35. The first-order chi connectivity index (χ1) is 12.3. The Morgan fingerprint density at radius 2 is 1.92 bits per heavy atom. The van der Waals surface area contributed by atoms with Crippen molar-refractivity contribution in [2.24, 2.45) is 0 Å². The number of benzene rings is 1. The Hall–Kier alpha value is -2.56. The molecule has 0 spiro atoms. The lowest BCUT2D eigenvalue weighted by molar-refractivity contribution is -0.140. The standard InChI is InChI=1S/C16H12F3N3O3S/c17-16(18,19)14-9-22(15(21-14)12-2-1-7-20-8-12)13-5-3-11(4-6-13)10-25-26(23)24/h1-9H,10H2,(H,23,24). The minimum atomic E-state index is -4.58. The van der Waals surface area contributed by atoms with E-state index in [2.05, 4.69) is 14.2 Å². The molecular weight excluding hydrogens is 371 g/mol. The van der Waals surface area contributed by atoms with Gasteiger partial charge >= 0.3 is 17.5 Å². The third-order valence-electron chi connectivity index (χ3n) is 3.46. The van der Waals surface area contributed by atoms with E-state index in [9.17, 15) is 17.4 Å². The Balaban J connectivity index is 2.00. The summed E-state index contributed by atoms with van der Waals surface area (Å²) in [4.78, 5) is 7.63. The zero-order valence-electron chi connectivity index (χ0n) is 13.1. The fourth-order valence-corrected chi connectivity index (χ4v) is 2.52. The molecule has 0 amide bonds. The Bertz CT molecular complexity index is 912. The lowest BCUT2D eigenvalue weighted by Crippen LogP contribution is -2.05. The zero-order chi connectivity index (χ0) is 18.7. The molecule has 0 aliphatic heterocycles. The first-order valence-electron chi connectivity index (χ1n) is 7.25. The van der Waals surface area contributed by atoms with Gasteiger partial charge < -0.3 is 0 Å². The molecule has 2 heterocycles. The molecule has 1 unspecified atom stereocenters. The molecule has 10 heteroatoms. The van der Waals surface area contributed by atoms with Crippen LogP contribution in [0.5, 0.6) is 0 Å². The van der Waals surface area contributed by atoms with Crippen LogP contribution in [0.4, 0.5) is 13.2 Å². The van der Waals surface area contributed by atoms with E-state index in [4.69, 9.17) is 4.55 Å². The van der Waals surface area contributed by atoms with Crippen molar-refractivity contribution in [3.8, 4) is 17.1 Å². The van der Waals surface area contributed by atoms with Crippen molar-refractivity contribution >= 4 is 11.4 Å². The first-order valence-corrected chi connectivity index (χ1v) is 8.28. The Kier molecular flexibility index (Phi) is 5.16. The molecule has 3 aromatic rings. The summed E-state index contributed by atoms with van der Waals surface area (Å²) < 4.78 is 64.3. The van der Waals surface area contributed by atoms with Crippen molar-refractivity contribution in [3.05, 3.63) is 66.2 Å². The number of nitrogens with zero attached hydrogens (tertiary/aromatic N) is 3. The molecule has 0 saturated heterocycles. The normalized spacial score (nSPS) is 12.9. The van der Waals surface area contributed by atoms with Gasteiger partial charge in [0.15, 0.2) is 5.69 Å². The molecule has 1 aromatic carbocycles. The minimum Gasteiger partial charge on any atom is -0.299 e. The van der Waals surface area contributed by atoms with Gasteiger partial charge in [-0.3, -0.25) is 18.3 Å². The summed E-state index contributed by atoms with van der Waals surface area (Å²) in [5.74, 6) is 0.103. The molecular formula is C16H12F3N3O3S. The van der Waals surface area contributed by atoms with Crippen molar-refractivity contribution in [1.29, 1.82) is 0 Å². The molecule has 0 bridgehead atoms. The number of imidazole rings is 1. The summed E-state index contributed by atoms with van der Waals surface area (Å²) in [5, 5.41) is 0. The Morgan fingerprint density at radius 3 is 2.50 bits per heavy atom. The van der Waals surface area contributed by atoms with Crippen molar-refractivity contribution in [1.82, 2.24) is 14.5 Å². The third kappa shape index (κ3) is 4.15. The minimum absolute atomic E-state index is 0.101. The molecule has 0 aliphatic rings. The van der Waals surface area contributed by atoms with Crippen LogP contribution in [0.1, 0.15) is 11.3 Å². The SMILES string of the molecule is O=S(O)OCc1ccc(-n2cc(C(F)(F)F)nc2-c2cccnc2)cc1. The van der Waals surface area contributed by atoms with E-state index in [0.29, 0.717) is 16.8 Å². The summed E-state index contributed by atoms with van der Waals surface area (Å²) in [6.07, 6.45) is -0.725. The van der Waals surface area contributed by atoms with Gasteiger partial charge in [0.25, 0.3) is 0 Å². The number of hydrogen-bond donors (Lipinski definition) is 1. The zero-order valence-corrected chi connectivity index (χ0v) is 13.9. The van der Waals surface area contributed by atoms with Gasteiger partial charge in [0.1, 0.15) is 5.82 Å². The smallest absolute Gasteiger partial charge is 0.299 e. The summed E-state index contributed by atoms with van der Waals surface area (Å²) in [7, 11) is 0. The largest absolute Gasteiger partial charge is 0.434 e. The summed E-state index contributed by atoms with van der Waals surface area (Å²) in [6, 6.07) is 9.54. The number of aromatic nitrogens is 3. The van der Waals surface area contributed by atoms with E-state index in [1.807, 2.05) is 0 Å². The predicted molar refractivity (Wildman–Crippen MR) is 87.4 cm³/mol. The maximum atomic E-state index is 13.1. The van der Waals surface area contributed by atoms with Gasteiger partial charge in [-0.25, -0.2) is 4.98 Å². The van der Waals surface area contributed by atoms with Gasteiger partial charge in [-0.2, -0.15) is 17.4 Å². The second kappa shape index (κ2) is 7.36. The fraction of sp³-hybridized carbons (Fsp3) is 0.125. The second-order valence-corrected chi connectivity index (χ2v) is 5.87. The molecule has 0 fully saturated rings. The van der Waals surface area contributed by atoms with Crippen LogP contribution in [0.25, 0.3) is 17.1 Å². The van der Waals surface area contributed by atoms with Crippen LogP contribution < -0.4 is 0 Å². The van der Waals surface area contributed by atoms with E-state index < -0.39 is 23.2 Å². The summed E-state index contributed by atoms with van der Waals surface area (Å²) >= 11 is -2.39. The van der Waals surface area contributed by atoms with Crippen LogP contribution >= 0.6 is 0 Å². The van der Waals surface area contributed by atoms with Crippen LogP contribution in [0, 0.1) is 0 Å². The number of hydrogen-bond acceptors (Lipinski definition) is 4. The second-order valence-electron chi connectivity index (χ2n) is 5.20. The van der Waals surface area contributed by atoms with E-state index in [1.165, 1.54) is 17.0 Å². The molecule has 1 N–H and O–H groups in total. The number of rotatable bonds is 5. The van der Waals surface area contributed by atoms with Crippen LogP contribution in [0.2, 0.25) is 0 Å². The van der Waals surface area contributed by atoms with E-state index in [-0.39, 0.29) is 12.4 Å². The molecule has 2 aromatic heterocycles. The third-order valence-corrected chi connectivity index (χ3v) is 3.78. The molecule has 26 heavy (non-hydrogen) atoms. The van der Waals surface area contributed by atoms with Gasteiger partial charge in [-0.1, -0.05) is 12.1 Å². The highest BCUT2D eigenvalue weighted by atomic mass is 32.2. The summed E-state index contributed by atoms with van der Waals surface area (Å²) in [5.41, 5.74) is 0.460. The molecule has 0 saturated carbocycles. The number of pyridine rings is 1. The van der Waals surface area contributed by atoms with Gasteiger partial charge in [-0.05, 0) is 29.8 Å². The first kappa shape index (κ1) is 18.2. The van der Waals surface area contributed by atoms with Crippen LogP contribution in [-0.2, 0) is 28.3 Å².